The van der Waals surface area contributed by atoms with Crippen LogP contribution in [0.3, 0.4) is 0 Å². The monoisotopic (exact) mass is 410 g/mol. The molecule has 1 aliphatic heterocycles. The van der Waals surface area contributed by atoms with E-state index in [4.69, 9.17) is 0 Å². The van der Waals surface area contributed by atoms with E-state index in [-0.39, 0.29) is 35.9 Å². The quantitative estimate of drug-likeness (QED) is 0.745. The molecule has 0 aromatic heterocycles. The van der Waals surface area contributed by atoms with Crippen LogP contribution in [0.4, 0.5) is 4.39 Å². The van der Waals surface area contributed by atoms with Gasteiger partial charge in [-0.2, -0.15) is 4.31 Å². The first-order valence-corrected chi connectivity index (χ1v) is 11.9. The van der Waals surface area contributed by atoms with Crippen molar-refractivity contribution in [2.45, 2.75) is 69.2 Å². The van der Waals surface area contributed by atoms with Crippen LogP contribution < -0.4 is 5.32 Å². The Morgan fingerprint density at radius 2 is 1.89 bits per heavy atom. The predicted octanol–water partition coefficient (Wildman–Crippen LogP) is 3.70. The van der Waals surface area contributed by atoms with E-state index in [1.807, 2.05) is 0 Å². The third-order valence-electron chi connectivity index (χ3n) is 6.19. The minimum Gasteiger partial charge on any atom is -0.353 e. The number of rotatable bonds is 7. The van der Waals surface area contributed by atoms with Crippen molar-refractivity contribution >= 4 is 15.9 Å². The topological polar surface area (TPSA) is 66.5 Å². The molecule has 156 valence electrons. The van der Waals surface area contributed by atoms with Gasteiger partial charge in [-0.1, -0.05) is 38.3 Å². The average Bonchev–Trinajstić information content (AvgIpc) is 3.13. The van der Waals surface area contributed by atoms with Crippen molar-refractivity contribution in [2.24, 2.45) is 11.8 Å². The number of hydrogen-bond acceptors (Lipinski definition) is 3. The van der Waals surface area contributed by atoms with Gasteiger partial charge in [0.05, 0.1) is 0 Å². The fraction of sp³-hybridized carbons (Fsp3) is 0.667. The standard InChI is InChI=1S/C21H31FN2O3S/c1-2-3-7-16-8-6-10-19(16)23-21(25)17-12-14-24(15-13-17)28(26,27)20-11-5-4-9-18(20)22/h4-5,9,11,16-17,19H,2-3,6-8,10,12-15H2,1H3,(H,23,25). The van der Waals surface area contributed by atoms with Gasteiger partial charge in [-0.25, -0.2) is 12.8 Å². The van der Waals surface area contributed by atoms with Crippen molar-refractivity contribution in [2.75, 3.05) is 13.1 Å². The molecule has 1 N–H and O–H groups in total. The lowest BCUT2D eigenvalue weighted by Gasteiger charge is -2.32. The third-order valence-corrected chi connectivity index (χ3v) is 8.13. The first-order chi connectivity index (χ1) is 13.4. The molecule has 1 amide bonds. The van der Waals surface area contributed by atoms with Crippen molar-refractivity contribution in [3.8, 4) is 0 Å². The van der Waals surface area contributed by atoms with E-state index in [0.717, 1.165) is 12.5 Å². The second-order valence-electron chi connectivity index (χ2n) is 8.06. The Balaban J connectivity index is 1.55. The minimum absolute atomic E-state index is 0.0522. The number of unbranched alkanes of at least 4 members (excludes halogenated alkanes) is 1. The largest absolute Gasteiger partial charge is 0.353 e. The molecule has 1 saturated carbocycles. The maximum absolute atomic E-state index is 13.9. The van der Waals surface area contributed by atoms with E-state index in [0.29, 0.717) is 18.8 Å². The summed E-state index contributed by atoms with van der Waals surface area (Å²) < 4.78 is 40.6. The van der Waals surface area contributed by atoms with Crippen molar-refractivity contribution in [1.29, 1.82) is 0 Å². The van der Waals surface area contributed by atoms with E-state index < -0.39 is 15.8 Å². The molecule has 3 rings (SSSR count). The number of nitrogens with zero attached hydrogens (tertiary/aromatic N) is 1. The van der Waals surface area contributed by atoms with Gasteiger partial charge in [0.1, 0.15) is 10.7 Å². The average molecular weight is 411 g/mol. The summed E-state index contributed by atoms with van der Waals surface area (Å²) in [6.07, 6.45) is 7.89. The molecule has 28 heavy (non-hydrogen) atoms. The van der Waals surface area contributed by atoms with Crippen LogP contribution in [-0.4, -0.2) is 37.8 Å². The van der Waals surface area contributed by atoms with Gasteiger partial charge in [-0.3, -0.25) is 4.79 Å². The predicted molar refractivity (Wildman–Crippen MR) is 107 cm³/mol. The second-order valence-corrected chi connectivity index (χ2v) is 9.96. The van der Waals surface area contributed by atoms with Crippen LogP contribution in [0, 0.1) is 17.7 Å². The fourth-order valence-electron chi connectivity index (χ4n) is 4.49. The summed E-state index contributed by atoms with van der Waals surface area (Å²) in [6.45, 7) is 2.68. The van der Waals surface area contributed by atoms with Gasteiger partial charge in [0.15, 0.2) is 0 Å². The Morgan fingerprint density at radius 1 is 1.18 bits per heavy atom. The number of carbonyl (C=O) groups excluding carboxylic acids is 1. The minimum atomic E-state index is -3.86. The number of sulfonamides is 1. The highest BCUT2D eigenvalue weighted by Gasteiger charge is 2.35. The van der Waals surface area contributed by atoms with E-state index in [2.05, 4.69) is 12.2 Å². The van der Waals surface area contributed by atoms with Crippen LogP contribution in [-0.2, 0) is 14.8 Å². The zero-order valence-electron chi connectivity index (χ0n) is 16.6. The number of hydrogen-bond donors (Lipinski definition) is 1. The lowest BCUT2D eigenvalue weighted by Crippen LogP contribution is -2.46. The first-order valence-electron chi connectivity index (χ1n) is 10.5. The number of piperidine rings is 1. The molecule has 2 fully saturated rings. The Morgan fingerprint density at radius 3 is 2.57 bits per heavy atom. The van der Waals surface area contributed by atoms with E-state index in [9.17, 15) is 17.6 Å². The Kier molecular flexibility index (Phi) is 7.10. The second kappa shape index (κ2) is 9.35. The lowest BCUT2D eigenvalue weighted by molar-refractivity contribution is -0.127. The number of amides is 1. The zero-order chi connectivity index (χ0) is 20.1. The van der Waals surface area contributed by atoms with Gasteiger partial charge in [0.25, 0.3) is 0 Å². The number of halogens is 1. The highest BCUT2D eigenvalue weighted by Crippen LogP contribution is 2.31. The fourth-order valence-corrected chi connectivity index (χ4v) is 6.03. The van der Waals surface area contributed by atoms with E-state index in [1.165, 1.54) is 54.6 Å². The molecule has 0 spiro atoms. The van der Waals surface area contributed by atoms with Gasteiger partial charge < -0.3 is 5.32 Å². The van der Waals surface area contributed by atoms with Crippen LogP contribution in [0.1, 0.15) is 58.3 Å². The van der Waals surface area contributed by atoms with E-state index >= 15 is 0 Å². The van der Waals surface area contributed by atoms with Crippen LogP contribution in [0.15, 0.2) is 29.2 Å². The summed E-state index contributed by atoms with van der Waals surface area (Å²) in [5.74, 6) is -0.275. The Bertz CT molecular complexity index is 776. The molecule has 1 saturated heterocycles. The maximum atomic E-state index is 13.9. The van der Waals surface area contributed by atoms with Crippen LogP contribution >= 0.6 is 0 Å². The molecule has 1 aromatic carbocycles. The molecular formula is C21H31FN2O3S. The van der Waals surface area contributed by atoms with Gasteiger partial charge in [0.2, 0.25) is 15.9 Å². The molecule has 2 unspecified atom stereocenters. The maximum Gasteiger partial charge on any atom is 0.245 e. The molecule has 7 heteroatoms. The molecule has 0 radical (unpaired) electrons. The van der Waals surface area contributed by atoms with Crippen LogP contribution in [0.25, 0.3) is 0 Å². The van der Waals surface area contributed by atoms with E-state index in [1.54, 1.807) is 0 Å². The third kappa shape index (κ3) is 4.74. The summed E-state index contributed by atoms with van der Waals surface area (Å²) in [5, 5.41) is 3.24. The van der Waals surface area contributed by atoms with Gasteiger partial charge >= 0.3 is 0 Å². The summed E-state index contributed by atoms with van der Waals surface area (Å²) >= 11 is 0. The number of carbonyl (C=O) groups is 1. The van der Waals surface area contributed by atoms with Crippen molar-refractivity contribution in [3.05, 3.63) is 30.1 Å². The molecule has 1 aromatic rings. The van der Waals surface area contributed by atoms with Crippen molar-refractivity contribution in [1.82, 2.24) is 9.62 Å². The highest BCUT2D eigenvalue weighted by molar-refractivity contribution is 7.89. The number of nitrogens with one attached hydrogen (secondary N) is 1. The van der Waals surface area contributed by atoms with Crippen LogP contribution in [0.2, 0.25) is 0 Å². The molecule has 2 aliphatic rings. The zero-order valence-corrected chi connectivity index (χ0v) is 17.4. The number of benzene rings is 1. The van der Waals surface area contributed by atoms with Gasteiger partial charge in [-0.05, 0) is 50.2 Å². The van der Waals surface area contributed by atoms with Gasteiger partial charge in [-0.15, -0.1) is 0 Å². The van der Waals surface area contributed by atoms with Gasteiger partial charge in [0, 0.05) is 25.0 Å². The molecule has 0 bridgehead atoms. The summed E-state index contributed by atoms with van der Waals surface area (Å²) in [7, 11) is -3.86. The lowest BCUT2D eigenvalue weighted by atomic mass is 9.94. The molecule has 1 heterocycles. The molecule has 5 nitrogen and oxygen atoms in total. The Hall–Kier alpha value is -1.47. The SMILES string of the molecule is CCCCC1CCCC1NC(=O)C1CCN(S(=O)(=O)c2ccccc2F)CC1. The normalized spacial score (nSPS) is 24.4. The highest BCUT2D eigenvalue weighted by atomic mass is 32.2. The smallest absolute Gasteiger partial charge is 0.245 e. The van der Waals surface area contributed by atoms with Crippen LogP contribution in [0.5, 0.6) is 0 Å². The molecule has 1 aliphatic carbocycles. The van der Waals surface area contributed by atoms with Crippen molar-refractivity contribution in [3.63, 3.8) is 0 Å². The molecular weight excluding hydrogens is 379 g/mol. The van der Waals surface area contributed by atoms with Crippen molar-refractivity contribution < 1.29 is 17.6 Å². The first kappa shape index (κ1) is 21.2. The Labute approximate surface area is 167 Å². The summed E-state index contributed by atoms with van der Waals surface area (Å²) in [4.78, 5) is 12.4. The summed E-state index contributed by atoms with van der Waals surface area (Å²) in [6, 6.07) is 5.71. The summed E-state index contributed by atoms with van der Waals surface area (Å²) in [5.41, 5.74) is 0. The molecule has 2 atom stereocenters.